The monoisotopic (exact) mass is 443 g/mol. The molecule has 8 heteroatoms. The zero-order valence-electron chi connectivity index (χ0n) is 16.8. The number of fused-ring (bicyclic) bond motifs is 1. The summed E-state index contributed by atoms with van der Waals surface area (Å²) in [6.07, 6.45) is 0.290. The Labute approximate surface area is 186 Å². The van der Waals surface area contributed by atoms with Crippen molar-refractivity contribution in [2.75, 3.05) is 0 Å². The van der Waals surface area contributed by atoms with Gasteiger partial charge in [-0.3, -0.25) is 4.79 Å². The number of carbonyl (C=O) groups excluding carboxylic acids is 1. The Balaban J connectivity index is 1.33. The van der Waals surface area contributed by atoms with E-state index in [4.69, 9.17) is 9.26 Å². The molecule has 32 heavy (non-hydrogen) atoms. The molecule has 5 rings (SSSR count). The number of para-hydroxylation sites is 1. The molecule has 1 N–H and O–H groups in total. The molecular formula is C24H17N3O4S. The van der Waals surface area contributed by atoms with Crippen LogP contribution in [0.3, 0.4) is 0 Å². The van der Waals surface area contributed by atoms with E-state index in [1.165, 1.54) is 0 Å². The van der Waals surface area contributed by atoms with Gasteiger partial charge in [0, 0.05) is 12.5 Å². The predicted octanol–water partition coefficient (Wildman–Crippen LogP) is 4.59. The number of ether oxygens (including phenoxy) is 1. The van der Waals surface area contributed by atoms with Crippen molar-refractivity contribution in [1.29, 1.82) is 0 Å². The second kappa shape index (κ2) is 8.60. The molecule has 0 aliphatic rings. The fourth-order valence-electron chi connectivity index (χ4n) is 3.40. The highest BCUT2D eigenvalue weighted by atomic mass is 32.1. The maximum Gasteiger partial charge on any atom is 0.338 e. The highest BCUT2D eigenvalue weighted by molar-refractivity contribution is 7.13. The van der Waals surface area contributed by atoms with E-state index in [-0.39, 0.29) is 18.6 Å². The number of carbonyl (C=O) groups is 1. The normalized spacial score (nSPS) is 11.0. The van der Waals surface area contributed by atoms with E-state index in [1.54, 1.807) is 47.7 Å². The Morgan fingerprint density at radius 1 is 1.06 bits per heavy atom. The molecule has 7 nitrogen and oxygen atoms in total. The van der Waals surface area contributed by atoms with Crippen molar-refractivity contribution in [3.63, 3.8) is 0 Å². The lowest BCUT2D eigenvalue weighted by Crippen LogP contribution is -2.14. The van der Waals surface area contributed by atoms with Gasteiger partial charge in [-0.1, -0.05) is 41.6 Å². The van der Waals surface area contributed by atoms with Crippen LogP contribution in [0.2, 0.25) is 0 Å². The summed E-state index contributed by atoms with van der Waals surface area (Å²) in [4.78, 5) is 33.4. The van der Waals surface area contributed by atoms with Crippen LogP contribution in [0.4, 0.5) is 0 Å². The van der Waals surface area contributed by atoms with Crippen LogP contribution < -0.4 is 5.56 Å². The molecule has 158 valence electrons. The molecule has 0 amide bonds. The van der Waals surface area contributed by atoms with Crippen molar-refractivity contribution >= 4 is 28.2 Å². The van der Waals surface area contributed by atoms with Crippen LogP contribution in [-0.4, -0.2) is 21.1 Å². The van der Waals surface area contributed by atoms with Crippen LogP contribution in [0.5, 0.6) is 0 Å². The Morgan fingerprint density at radius 2 is 1.91 bits per heavy atom. The van der Waals surface area contributed by atoms with Gasteiger partial charge in [0.25, 0.3) is 5.56 Å². The number of nitrogens with zero attached hydrogens (tertiary/aromatic N) is 2. The second-order valence-electron chi connectivity index (χ2n) is 7.10. The summed E-state index contributed by atoms with van der Waals surface area (Å²) in [5, 5.41) is 6.45. The first-order valence-electron chi connectivity index (χ1n) is 9.90. The zero-order chi connectivity index (χ0) is 21.9. The number of aromatic amines is 1. The molecule has 0 aliphatic carbocycles. The van der Waals surface area contributed by atoms with Crippen molar-refractivity contribution in [3.8, 4) is 10.6 Å². The molecule has 0 saturated heterocycles. The van der Waals surface area contributed by atoms with Gasteiger partial charge in [0.2, 0.25) is 0 Å². The van der Waals surface area contributed by atoms with Crippen molar-refractivity contribution in [1.82, 2.24) is 15.1 Å². The molecule has 0 radical (unpaired) electrons. The lowest BCUT2D eigenvalue weighted by Gasteiger charge is -2.09. The van der Waals surface area contributed by atoms with Gasteiger partial charge in [0.05, 0.1) is 21.3 Å². The fourth-order valence-corrected chi connectivity index (χ4v) is 4.08. The summed E-state index contributed by atoms with van der Waals surface area (Å²) < 4.78 is 10.8. The van der Waals surface area contributed by atoms with Crippen LogP contribution in [0.1, 0.15) is 27.4 Å². The highest BCUT2D eigenvalue weighted by Gasteiger charge is 2.16. The number of hydrogen-bond acceptors (Lipinski definition) is 7. The van der Waals surface area contributed by atoms with E-state index in [9.17, 15) is 9.59 Å². The third kappa shape index (κ3) is 4.08. The van der Waals surface area contributed by atoms with Gasteiger partial charge in [-0.05, 0) is 35.2 Å². The molecule has 2 aromatic carbocycles. The third-order valence-electron chi connectivity index (χ3n) is 4.93. The van der Waals surface area contributed by atoms with Gasteiger partial charge >= 0.3 is 5.97 Å². The highest BCUT2D eigenvalue weighted by Crippen LogP contribution is 2.25. The van der Waals surface area contributed by atoms with Crippen LogP contribution in [0, 0.1) is 0 Å². The number of H-pyrrole nitrogens is 1. The van der Waals surface area contributed by atoms with Crippen molar-refractivity contribution in [2.24, 2.45) is 0 Å². The maximum atomic E-state index is 12.8. The minimum Gasteiger partial charge on any atom is -0.455 e. The van der Waals surface area contributed by atoms with Gasteiger partial charge in [0.15, 0.2) is 5.76 Å². The molecule has 0 aliphatic heterocycles. The Kier molecular flexibility index (Phi) is 5.35. The molecule has 0 saturated carbocycles. The standard InChI is InChI=1S/C24H17N3O4S/c28-23-18-8-3-4-9-19(18)25-22(26-23)12-15-6-1-2-7-17(15)24(29)30-14-16-13-20(31-27-16)21-10-5-11-32-21/h1-11,13H,12,14H2,(H,25,26,28). The Hall–Kier alpha value is -4.04. The topological polar surface area (TPSA) is 98.1 Å². The van der Waals surface area contributed by atoms with E-state index >= 15 is 0 Å². The average molecular weight is 443 g/mol. The molecule has 0 fully saturated rings. The maximum absolute atomic E-state index is 12.8. The number of aromatic nitrogens is 3. The third-order valence-corrected chi connectivity index (χ3v) is 5.82. The predicted molar refractivity (Wildman–Crippen MR) is 121 cm³/mol. The average Bonchev–Trinajstić information content (AvgIpc) is 3.50. The summed E-state index contributed by atoms with van der Waals surface area (Å²) >= 11 is 1.54. The number of benzene rings is 2. The number of nitrogens with one attached hydrogen (secondary N) is 1. The van der Waals surface area contributed by atoms with Crippen molar-refractivity contribution in [2.45, 2.75) is 13.0 Å². The SMILES string of the molecule is O=C(OCc1cc(-c2cccs2)on1)c1ccccc1Cc1nc2ccccc2c(=O)[nH]1. The summed E-state index contributed by atoms with van der Waals surface area (Å²) in [6, 6.07) is 19.9. The summed E-state index contributed by atoms with van der Waals surface area (Å²) in [5.41, 5.74) is 2.04. The first-order valence-corrected chi connectivity index (χ1v) is 10.8. The quantitative estimate of drug-likeness (QED) is 0.386. The molecule has 0 unspecified atom stereocenters. The van der Waals surface area contributed by atoms with Crippen LogP contribution >= 0.6 is 11.3 Å². The zero-order valence-corrected chi connectivity index (χ0v) is 17.6. The molecule has 3 aromatic heterocycles. The first kappa shape index (κ1) is 19.9. The minimum absolute atomic E-state index is 0.00684. The Morgan fingerprint density at radius 3 is 2.78 bits per heavy atom. The van der Waals surface area contributed by atoms with Gasteiger partial charge in [-0.2, -0.15) is 0 Å². The van der Waals surface area contributed by atoms with E-state index < -0.39 is 5.97 Å². The molecule has 0 bridgehead atoms. The molecular weight excluding hydrogens is 426 g/mol. The van der Waals surface area contributed by atoms with Crippen molar-refractivity contribution < 1.29 is 14.1 Å². The van der Waals surface area contributed by atoms with Crippen LogP contribution in [0.15, 0.2) is 81.4 Å². The second-order valence-corrected chi connectivity index (χ2v) is 8.05. The Bertz CT molecular complexity index is 1450. The number of hydrogen-bond donors (Lipinski definition) is 1. The van der Waals surface area contributed by atoms with E-state index in [1.807, 2.05) is 35.7 Å². The van der Waals surface area contributed by atoms with Gasteiger partial charge in [0.1, 0.15) is 18.1 Å². The van der Waals surface area contributed by atoms with E-state index in [0.29, 0.717) is 39.3 Å². The number of esters is 1. The largest absolute Gasteiger partial charge is 0.455 e. The summed E-state index contributed by atoms with van der Waals surface area (Å²) in [6.45, 7) is -0.00684. The first-order chi connectivity index (χ1) is 15.7. The molecule has 0 atom stereocenters. The molecule has 0 spiro atoms. The smallest absolute Gasteiger partial charge is 0.338 e. The van der Waals surface area contributed by atoms with Gasteiger partial charge in [-0.25, -0.2) is 9.78 Å². The van der Waals surface area contributed by atoms with Crippen LogP contribution in [0.25, 0.3) is 21.5 Å². The van der Waals surface area contributed by atoms with Gasteiger partial charge < -0.3 is 14.2 Å². The number of thiophene rings is 1. The fraction of sp³-hybridized carbons (Fsp3) is 0.0833. The lowest BCUT2D eigenvalue weighted by molar-refractivity contribution is 0.0463. The minimum atomic E-state index is -0.482. The summed E-state index contributed by atoms with van der Waals surface area (Å²) in [7, 11) is 0. The number of rotatable bonds is 6. The lowest BCUT2D eigenvalue weighted by atomic mass is 10.0. The van der Waals surface area contributed by atoms with Crippen molar-refractivity contribution in [3.05, 3.63) is 105 Å². The molecule has 3 heterocycles. The van der Waals surface area contributed by atoms with E-state index in [0.717, 1.165) is 4.88 Å². The van der Waals surface area contributed by atoms with Crippen LogP contribution in [-0.2, 0) is 17.8 Å². The summed E-state index contributed by atoms with van der Waals surface area (Å²) in [5.74, 6) is 0.633. The van der Waals surface area contributed by atoms with E-state index in [2.05, 4.69) is 15.1 Å². The van der Waals surface area contributed by atoms with Gasteiger partial charge in [-0.15, -0.1) is 11.3 Å². The molecule has 5 aromatic rings.